The fourth-order valence-corrected chi connectivity index (χ4v) is 6.43. The second-order valence-corrected chi connectivity index (χ2v) is 12.2. The molecule has 2 aliphatic heterocycles. The zero-order chi connectivity index (χ0) is 29.4. The molecule has 2 aromatic carbocycles. The molecule has 0 saturated carbocycles. The summed E-state index contributed by atoms with van der Waals surface area (Å²) in [6.07, 6.45) is 3.39. The molecule has 0 bridgehead atoms. The summed E-state index contributed by atoms with van der Waals surface area (Å²) < 4.78 is 7.41. The van der Waals surface area contributed by atoms with Crippen LogP contribution in [0.5, 0.6) is 0 Å². The van der Waals surface area contributed by atoms with E-state index in [2.05, 4.69) is 16.8 Å². The van der Waals surface area contributed by atoms with Crippen LogP contribution >= 0.6 is 22.9 Å². The molecule has 0 radical (unpaired) electrons. The third-order valence-corrected chi connectivity index (χ3v) is 8.64. The number of esters is 1. The number of aromatic nitrogens is 1. The molecular weight excluding hydrogens is 564 g/mol. The van der Waals surface area contributed by atoms with E-state index in [0.717, 1.165) is 31.6 Å². The Morgan fingerprint density at radius 3 is 2.51 bits per heavy atom. The zero-order valence-electron chi connectivity index (χ0n) is 23.3. The number of benzene rings is 2. The van der Waals surface area contributed by atoms with Gasteiger partial charge in [0.15, 0.2) is 4.80 Å². The summed E-state index contributed by atoms with van der Waals surface area (Å²) in [5, 5.41) is 12.2. The number of carbonyl (C=O) groups is 1. The monoisotopic (exact) mass is 594 g/mol. The molecule has 11 heteroatoms. The molecule has 0 N–H and O–H groups in total. The van der Waals surface area contributed by atoms with Gasteiger partial charge in [-0.3, -0.25) is 19.5 Å². The molecule has 1 aromatic heterocycles. The van der Waals surface area contributed by atoms with Gasteiger partial charge in [-0.05, 0) is 69.4 Å². The number of anilines is 1. The van der Waals surface area contributed by atoms with Crippen molar-refractivity contribution in [2.24, 2.45) is 10.9 Å². The highest BCUT2D eigenvalue weighted by atomic mass is 35.5. The van der Waals surface area contributed by atoms with E-state index >= 15 is 0 Å². The summed E-state index contributed by atoms with van der Waals surface area (Å²) in [6, 6.07) is 11.0. The number of ether oxygens (including phenoxy) is 1. The number of piperidine rings is 1. The van der Waals surface area contributed by atoms with E-state index in [9.17, 15) is 19.7 Å². The molecule has 1 fully saturated rings. The van der Waals surface area contributed by atoms with Gasteiger partial charge in [0.1, 0.15) is 0 Å². The first-order valence-electron chi connectivity index (χ1n) is 13.6. The molecule has 1 saturated heterocycles. The van der Waals surface area contributed by atoms with Crippen molar-refractivity contribution in [2.75, 3.05) is 18.0 Å². The molecule has 41 heavy (non-hydrogen) atoms. The second kappa shape index (κ2) is 11.6. The van der Waals surface area contributed by atoms with Gasteiger partial charge in [-0.2, -0.15) is 0 Å². The lowest BCUT2D eigenvalue weighted by molar-refractivity contribution is -0.384. The fraction of sp³-hybridized carbons (Fsp3) is 0.367. The Hall–Kier alpha value is -3.76. The number of allylic oxidation sites excluding steroid dienone is 1. The fourth-order valence-electron chi connectivity index (χ4n) is 5.27. The number of rotatable bonds is 6. The maximum absolute atomic E-state index is 14.0. The number of nitro groups is 1. The zero-order valence-corrected chi connectivity index (χ0v) is 24.9. The molecule has 5 rings (SSSR count). The number of carbonyl (C=O) groups excluding carboxylic acids is 1. The Labute approximate surface area is 246 Å². The second-order valence-electron chi connectivity index (χ2n) is 10.8. The minimum atomic E-state index is -0.773. The summed E-state index contributed by atoms with van der Waals surface area (Å²) in [4.78, 5) is 45.8. The molecule has 0 spiro atoms. The quantitative estimate of drug-likeness (QED) is 0.226. The molecule has 0 aliphatic carbocycles. The molecule has 3 aromatic rings. The molecule has 1 atom stereocenters. The summed E-state index contributed by atoms with van der Waals surface area (Å²) in [5.74, 6) is 0.0694. The number of thiazole rings is 1. The van der Waals surface area contributed by atoms with Gasteiger partial charge in [0.2, 0.25) is 0 Å². The Bertz CT molecular complexity index is 1720. The van der Waals surface area contributed by atoms with E-state index in [1.54, 1.807) is 57.2 Å². The van der Waals surface area contributed by atoms with Crippen LogP contribution in [0.15, 0.2) is 63.5 Å². The highest BCUT2D eigenvalue weighted by molar-refractivity contribution is 7.07. The van der Waals surface area contributed by atoms with Crippen LogP contribution in [0.3, 0.4) is 0 Å². The van der Waals surface area contributed by atoms with Crippen LogP contribution in [-0.2, 0) is 9.53 Å². The van der Waals surface area contributed by atoms with E-state index in [0.29, 0.717) is 37.1 Å². The van der Waals surface area contributed by atoms with Crippen molar-refractivity contribution in [1.29, 1.82) is 0 Å². The first kappa shape index (κ1) is 28.8. The van der Waals surface area contributed by atoms with Crippen molar-refractivity contribution in [3.63, 3.8) is 0 Å². The van der Waals surface area contributed by atoms with Gasteiger partial charge in [0.25, 0.3) is 11.2 Å². The maximum atomic E-state index is 14.0. The van der Waals surface area contributed by atoms with E-state index in [1.165, 1.54) is 28.0 Å². The van der Waals surface area contributed by atoms with E-state index < -0.39 is 16.9 Å². The molecule has 214 valence electrons. The van der Waals surface area contributed by atoms with E-state index in [1.807, 2.05) is 0 Å². The van der Waals surface area contributed by atoms with Crippen LogP contribution in [0.25, 0.3) is 6.08 Å². The maximum Gasteiger partial charge on any atom is 0.338 e. The predicted molar refractivity (Wildman–Crippen MR) is 160 cm³/mol. The predicted octanol–water partition coefficient (Wildman–Crippen LogP) is 4.98. The van der Waals surface area contributed by atoms with E-state index in [-0.39, 0.29) is 22.9 Å². The third kappa shape index (κ3) is 5.85. The summed E-state index contributed by atoms with van der Waals surface area (Å²) in [6.45, 7) is 9.14. The van der Waals surface area contributed by atoms with Crippen LogP contribution in [0, 0.1) is 16.0 Å². The van der Waals surface area contributed by atoms with Crippen molar-refractivity contribution < 1.29 is 14.5 Å². The van der Waals surface area contributed by atoms with Gasteiger partial charge in [0, 0.05) is 41.5 Å². The number of fused-ring (bicyclic) bond motifs is 1. The first-order chi connectivity index (χ1) is 19.5. The topological polar surface area (TPSA) is 107 Å². The molecule has 0 amide bonds. The highest BCUT2D eigenvalue weighted by Crippen LogP contribution is 2.32. The summed E-state index contributed by atoms with van der Waals surface area (Å²) in [7, 11) is 0. The van der Waals surface area contributed by atoms with Gasteiger partial charge in [-0.15, -0.1) is 0 Å². The Kier molecular flexibility index (Phi) is 8.15. The summed E-state index contributed by atoms with van der Waals surface area (Å²) in [5.41, 5.74) is 2.47. The van der Waals surface area contributed by atoms with Crippen molar-refractivity contribution in [1.82, 2.24) is 4.57 Å². The normalized spacial score (nSPS) is 18.0. The van der Waals surface area contributed by atoms with Crippen molar-refractivity contribution in [3.05, 3.63) is 99.7 Å². The lowest BCUT2D eigenvalue weighted by Crippen LogP contribution is -2.40. The highest BCUT2D eigenvalue weighted by Gasteiger charge is 2.34. The lowest BCUT2D eigenvalue weighted by Gasteiger charge is -2.33. The van der Waals surface area contributed by atoms with Crippen LogP contribution in [-0.4, -0.2) is 34.7 Å². The molecule has 2 aliphatic rings. The Morgan fingerprint density at radius 1 is 1.20 bits per heavy atom. The number of non-ortho nitro benzene ring substituents is 1. The number of nitrogens with zero attached hydrogens (tertiary/aromatic N) is 4. The van der Waals surface area contributed by atoms with Crippen LogP contribution in [0.4, 0.5) is 11.4 Å². The largest absolute Gasteiger partial charge is 0.459 e. The van der Waals surface area contributed by atoms with Crippen molar-refractivity contribution >= 4 is 46.4 Å². The van der Waals surface area contributed by atoms with Gasteiger partial charge < -0.3 is 9.64 Å². The Balaban J connectivity index is 1.69. The minimum Gasteiger partial charge on any atom is -0.459 e. The van der Waals surface area contributed by atoms with Crippen molar-refractivity contribution in [2.45, 2.75) is 52.7 Å². The first-order valence-corrected chi connectivity index (χ1v) is 14.7. The van der Waals surface area contributed by atoms with Gasteiger partial charge in [-0.25, -0.2) is 9.79 Å². The molecule has 3 heterocycles. The Morgan fingerprint density at radius 2 is 1.88 bits per heavy atom. The standard InChI is InChI=1S/C30H31ClN4O5S/c1-17(2)40-29(37)26-19(4)32-30-34(27(26)20-5-7-22(31)8-6-20)28(36)25(41-30)16-21-15-23(35(38)39)9-10-24(21)33-13-11-18(3)12-14-33/h5-10,15-18,27H,11-14H2,1-4H3/b25-16+/t27-/m0/s1. The average molecular weight is 595 g/mol. The van der Waals surface area contributed by atoms with Gasteiger partial charge >= 0.3 is 5.97 Å². The van der Waals surface area contributed by atoms with Gasteiger partial charge in [0.05, 0.1) is 32.9 Å². The third-order valence-electron chi connectivity index (χ3n) is 7.40. The average Bonchev–Trinajstić information content (AvgIpc) is 3.22. The minimum absolute atomic E-state index is 0.0493. The number of nitro benzene ring substituents is 1. The van der Waals surface area contributed by atoms with Gasteiger partial charge in [-0.1, -0.05) is 42.0 Å². The number of hydrogen-bond donors (Lipinski definition) is 0. The van der Waals surface area contributed by atoms with Crippen LogP contribution in [0.2, 0.25) is 5.02 Å². The van der Waals surface area contributed by atoms with Crippen LogP contribution in [0.1, 0.15) is 57.7 Å². The lowest BCUT2D eigenvalue weighted by atomic mass is 9.96. The van der Waals surface area contributed by atoms with Crippen LogP contribution < -0.4 is 19.8 Å². The SMILES string of the molecule is CC1=C(C(=O)OC(C)C)[C@H](c2ccc(Cl)cc2)n2c(s/c(=C/c3cc([N+](=O)[O-])ccc3N3CCC(C)CC3)c2=O)=N1. The molecular formula is C30H31ClN4O5S. The number of hydrogen-bond acceptors (Lipinski definition) is 8. The molecule has 0 unspecified atom stereocenters. The smallest absolute Gasteiger partial charge is 0.338 e. The van der Waals surface area contributed by atoms with E-state index in [4.69, 9.17) is 16.3 Å². The van der Waals surface area contributed by atoms with Crippen molar-refractivity contribution in [3.8, 4) is 0 Å². The number of halogens is 1. The molecule has 9 nitrogen and oxygen atoms in total. The summed E-state index contributed by atoms with van der Waals surface area (Å²) >= 11 is 7.34.